The summed E-state index contributed by atoms with van der Waals surface area (Å²) in [4.78, 5) is 33.9. The Hall–Kier alpha value is -2.65. The highest BCUT2D eigenvalue weighted by Crippen LogP contribution is 2.26. The number of thiazole rings is 1. The summed E-state index contributed by atoms with van der Waals surface area (Å²) in [6, 6.07) is 7.54. The van der Waals surface area contributed by atoms with E-state index < -0.39 is 0 Å². The van der Waals surface area contributed by atoms with Gasteiger partial charge in [-0.25, -0.2) is 4.98 Å². The van der Waals surface area contributed by atoms with Gasteiger partial charge < -0.3 is 24.6 Å². The SMILES string of the molecule is COc1cccc(Nc2nc(C(=O)N3CCCC(C(=O)N4CCOCC4)C3)cs2)c1. The van der Waals surface area contributed by atoms with Gasteiger partial charge in [0.2, 0.25) is 5.91 Å². The minimum absolute atomic E-state index is 0.121. The quantitative estimate of drug-likeness (QED) is 0.785. The van der Waals surface area contributed by atoms with Crippen molar-refractivity contribution in [2.24, 2.45) is 5.92 Å². The molecule has 0 aliphatic carbocycles. The van der Waals surface area contributed by atoms with Crippen molar-refractivity contribution < 1.29 is 19.1 Å². The number of benzene rings is 1. The molecule has 1 unspecified atom stereocenters. The molecule has 0 radical (unpaired) electrons. The van der Waals surface area contributed by atoms with E-state index in [1.165, 1.54) is 11.3 Å². The fourth-order valence-electron chi connectivity index (χ4n) is 3.82. The van der Waals surface area contributed by atoms with Gasteiger partial charge in [-0.05, 0) is 25.0 Å². The number of piperidine rings is 1. The number of amides is 2. The molecule has 3 heterocycles. The Balaban J connectivity index is 1.38. The van der Waals surface area contributed by atoms with Crippen molar-refractivity contribution >= 4 is 34.0 Å². The number of aromatic nitrogens is 1. The molecule has 2 aliphatic rings. The number of carbonyl (C=O) groups excluding carboxylic acids is 2. The van der Waals surface area contributed by atoms with Crippen LogP contribution in [-0.4, -0.2) is 73.1 Å². The Morgan fingerprint density at radius 3 is 2.87 bits per heavy atom. The van der Waals surface area contributed by atoms with E-state index in [-0.39, 0.29) is 17.7 Å². The van der Waals surface area contributed by atoms with Crippen LogP contribution in [0.5, 0.6) is 5.75 Å². The van der Waals surface area contributed by atoms with E-state index in [2.05, 4.69) is 10.3 Å². The summed E-state index contributed by atoms with van der Waals surface area (Å²) in [6.07, 6.45) is 1.64. The van der Waals surface area contributed by atoms with Crippen LogP contribution in [0.4, 0.5) is 10.8 Å². The molecule has 160 valence electrons. The lowest BCUT2D eigenvalue weighted by Crippen LogP contribution is -2.49. The van der Waals surface area contributed by atoms with Gasteiger partial charge in [0.05, 0.1) is 26.2 Å². The van der Waals surface area contributed by atoms with Crippen molar-refractivity contribution in [3.8, 4) is 5.75 Å². The molecule has 2 fully saturated rings. The molecule has 0 bridgehead atoms. The number of methoxy groups -OCH3 is 1. The van der Waals surface area contributed by atoms with Gasteiger partial charge in [0.15, 0.2) is 5.13 Å². The summed E-state index contributed by atoms with van der Waals surface area (Å²) in [5.74, 6) is 0.616. The third kappa shape index (κ3) is 4.73. The van der Waals surface area contributed by atoms with Crippen molar-refractivity contribution in [1.29, 1.82) is 0 Å². The lowest BCUT2D eigenvalue weighted by Gasteiger charge is -2.36. The van der Waals surface area contributed by atoms with Gasteiger partial charge in [0, 0.05) is 43.3 Å². The molecule has 1 aromatic carbocycles. The molecular formula is C21H26N4O4S. The molecule has 9 heteroatoms. The van der Waals surface area contributed by atoms with Gasteiger partial charge in [-0.2, -0.15) is 0 Å². The number of carbonyl (C=O) groups is 2. The monoisotopic (exact) mass is 430 g/mol. The second-order valence-corrected chi connectivity index (χ2v) is 8.28. The first-order valence-electron chi connectivity index (χ1n) is 10.2. The number of likely N-dealkylation sites (tertiary alicyclic amines) is 1. The average molecular weight is 431 g/mol. The normalized spacial score (nSPS) is 19.4. The molecule has 2 amide bonds. The molecule has 4 rings (SSSR count). The second-order valence-electron chi connectivity index (χ2n) is 7.42. The van der Waals surface area contributed by atoms with Crippen molar-refractivity contribution in [2.45, 2.75) is 12.8 Å². The molecule has 0 spiro atoms. The molecule has 1 N–H and O–H groups in total. The maximum Gasteiger partial charge on any atom is 0.273 e. The minimum atomic E-state index is -0.145. The van der Waals surface area contributed by atoms with Crippen LogP contribution in [0.2, 0.25) is 0 Å². The Kier molecular flexibility index (Phi) is 6.49. The van der Waals surface area contributed by atoms with Crippen LogP contribution in [0.1, 0.15) is 23.3 Å². The maximum absolute atomic E-state index is 13.0. The zero-order valence-corrected chi connectivity index (χ0v) is 17.8. The fourth-order valence-corrected chi connectivity index (χ4v) is 4.53. The fraction of sp³-hybridized carbons (Fsp3) is 0.476. The van der Waals surface area contributed by atoms with Crippen LogP contribution in [0.3, 0.4) is 0 Å². The first kappa shape index (κ1) is 20.6. The molecule has 2 saturated heterocycles. The number of ether oxygens (including phenoxy) is 2. The predicted octanol–water partition coefficient (Wildman–Crippen LogP) is 2.61. The molecule has 1 atom stereocenters. The Morgan fingerprint density at radius 2 is 2.07 bits per heavy atom. The van der Waals surface area contributed by atoms with Crippen LogP contribution in [-0.2, 0) is 9.53 Å². The number of anilines is 2. The first-order chi connectivity index (χ1) is 14.6. The van der Waals surface area contributed by atoms with Crippen LogP contribution in [0.15, 0.2) is 29.6 Å². The average Bonchev–Trinajstić information content (AvgIpc) is 3.27. The van der Waals surface area contributed by atoms with Crippen LogP contribution >= 0.6 is 11.3 Å². The van der Waals surface area contributed by atoms with Crippen LogP contribution < -0.4 is 10.1 Å². The van der Waals surface area contributed by atoms with Crippen molar-refractivity contribution in [2.75, 3.05) is 51.8 Å². The van der Waals surface area contributed by atoms with E-state index in [1.54, 1.807) is 17.4 Å². The number of hydrogen-bond donors (Lipinski definition) is 1. The summed E-state index contributed by atoms with van der Waals surface area (Å²) < 4.78 is 10.6. The third-order valence-electron chi connectivity index (χ3n) is 5.42. The highest BCUT2D eigenvalue weighted by molar-refractivity contribution is 7.14. The van der Waals surface area contributed by atoms with E-state index in [0.29, 0.717) is 50.2 Å². The van der Waals surface area contributed by atoms with Crippen molar-refractivity contribution in [3.63, 3.8) is 0 Å². The number of rotatable bonds is 5. The van der Waals surface area contributed by atoms with E-state index in [4.69, 9.17) is 9.47 Å². The van der Waals surface area contributed by atoms with Gasteiger partial charge in [-0.1, -0.05) is 6.07 Å². The lowest BCUT2D eigenvalue weighted by atomic mass is 9.96. The topological polar surface area (TPSA) is 84.0 Å². The van der Waals surface area contributed by atoms with E-state index >= 15 is 0 Å². The molecule has 2 aromatic rings. The summed E-state index contributed by atoms with van der Waals surface area (Å²) in [5, 5.41) is 5.62. The standard InChI is InChI=1S/C21H26N4O4S/c1-28-17-6-2-5-16(12-17)22-21-23-18(14-30-21)20(27)25-7-3-4-15(13-25)19(26)24-8-10-29-11-9-24/h2,5-6,12,14-15H,3-4,7-11,13H2,1H3,(H,22,23). The van der Waals surface area contributed by atoms with Crippen LogP contribution in [0, 0.1) is 5.92 Å². The van der Waals surface area contributed by atoms with E-state index in [1.807, 2.05) is 29.2 Å². The highest BCUT2D eigenvalue weighted by atomic mass is 32.1. The molecule has 0 saturated carbocycles. The van der Waals surface area contributed by atoms with Gasteiger partial charge in [0.25, 0.3) is 5.91 Å². The highest BCUT2D eigenvalue weighted by Gasteiger charge is 2.32. The van der Waals surface area contributed by atoms with Gasteiger partial charge >= 0.3 is 0 Å². The summed E-state index contributed by atoms with van der Waals surface area (Å²) >= 11 is 1.38. The van der Waals surface area contributed by atoms with Gasteiger partial charge in [0.1, 0.15) is 11.4 Å². The lowest BCUT2D eigenvalue weighted by molar-refractivity contribution is -0.141. The Bertz CT molecular complexity index is 897. The van der Waals surface area contributed by atoms with E-state index in [0.717, 1.165) is 24.3 Å². The minimum Gasteiger partial charge on any atom is -0.497 e. The Morgan fingerprint density at radius 1 is 1.23 bits per heavy atom. The largest absolute Gasteiger partial charge is 0.497 e. The summed E-state index contributed by atoms with van der Waals surface area (Å²) in [5.41, 5.74) is 1.25. The second kappa shape index (κ2) is 9.44. The molecule has 8 nitrogen and oxygen atoms in total. The zero-order valence-electron chi connectivity index (χ0n) is 17.0. The number of morpholine rings is 1. The van der Waals surface area contributed by atoms with E-state index in [9.17, 15) is 9.59 Å². The number of nitrogens with zero attached hydrogens (tertiary/aromatic N) is 3. The Labute approximate surface area is 179 Å². The molecule has 30 heavy (non-hydrogen) atoms. The zero-order chi connectivity index (χ0) is 20.9. The third-order valence-corrected chi connectivity index (χ3v) is 6.18. The van der Waals surface area contributed by atoms with Crippen LogP contribution in [0.25, 0.3) is 0 Å². The molecule has 2 aliphatic heterocycles. The number of hydrogen-bond acceptors (Lipinski definition) is 7. The summed E-state index contributed by atoms with van der Waals surface area (Å²) in [7, 11) is 1.62. The summed E-state index contributed by atoms with van der Waals surface area (Å²) in [6.45, 7) is 3.54. The van der Waals surface area contributed by atoms with Gasteiger partial charge in [-0.15, -0.1) is 11.3 Å². The van der Waals surface area contributed by atoms with Crippen molar-refractivity contribution in [1.82, 2.24) is 14.8 Å². The maximum atomic E-state index is 13.0. The molecule has 1 aromatic heterocycles. The van der Waals surface area contributed by atoms with Gasteiger partial charge in [-0.3, -0.25) is 9.59 Å². The molecular weight excluding hydrogens is 404 g/mol. The smallest absolute Gasteiger partial charge is 0.273 e. The number of nitrogens with one attached hydrogen (secondary N) is 1. The van der Waals surface area contributed by atoms with Crippen molar-refractivity contribution in [3.05, 3.63) is 35.3 Å². The predicted molar refractivity (Wildman–Crippen MR) is 114 cm³/mol. The first-order valence-corrected chi connectivity index (χ1v) is 11.0.